The molecule has 0 aromatic heterocycles. The predicted molar refractivity (Wildman–Crippen MR) is 119 cm³/mol. The van der Waals surface area contributed by atoms with Gasteiger partial charge in [0.05, 0.1) is 6.61 Å². The van der Waals surface area contributed by atoms with Gasteiger partial charge in [0.15, 0.2) is 0 Å². The molecule has 2 aliphatic heterocycles. The lowest BCUT2D eigenvalue weighted by Gasteiger charge is -2.38. The third-order valence-corrected chi connectivity index (χ3v) is 6.47. The molecule has 0 radical (unpaired) electrons. The van der Waals surface area contributed by atoms with Gasteiger partial charge in [-0.15, -0.1) is 0 Å². The highest BCUT2D eigenvalue weighted by atomic mass is 16.5. The Labute approximate surface area is 179 Å². The third kappa shape index (κ3) is 4.46. The predicted octanol–water partition coefficient (Wildman–Crippen LogP) is 3.92. The second-order valence-electron chi connectivity index (χ2n) is 8.25. The summed E-state index contributed by atoms with van der Waals surface area (Å²) in [7, 11) is 0. The fourth-order valence-corrected chi connectivity index (χ4v) is 4.74. The van der Waals surface area contributed by atoms with Gasteiger partial charge >= 0.3 is 0 Å². The molecule has 160 valence electrons. The van der Waals surface area contributed by atoms with Crippen LogP contribution < -0.4 is 15.0 Å². The SMILES string of the molecule is CCOc1ccc(C2(CNC(=O)C3CCCN3c3ccccc3)CCOCC2)cc1. The van der Waals surface area contributed by atoms with Crippen molar-refractivity contribution in [3.05, 3.63) is 60.2 Å². The quantitative estimate of drug-likeness (QED) is 0.755. The van der Waals surface area contributed by atoms with Gasteiger partial charge in [-0.2, -0.15) is 0 Å². The van der Waals surface area contributed by atoms with Gasteiger partial charge in [-0.1, -0.05) is 30.3 Å². The number of para-hydroxylation sites is 1. The summed E-state index contributed by atoms with van der Waals surface area (Å²) < 4.78 is 11.2. The van der Waals surface area contributed by atoms with E-state index in [-0.39, 0.29) is 17.4 Å². The number of ether oxygens (including phenoxy) is 2. The van der Waals surface area contributed by atoms with Crippen LogP contribution in [0.5, 0.6) is 5.75 Å². The van der Waals surface area contributed by atoms with E-state index in [2.05, 4.69) is 34.5 Å². The van der Waals surface area contributed by atoms with E-state index in [1.54, 1.807) is 0 Å². The highest BCUT2D eigenvalue weighted by Crippen LogP contribution is 2.35. The molecule has 4 rings (SSSR count). The molecule has 5 heteroatoms. The summed E-state index contributed by atoms with van der Waals surface area (Å²) in [6.07, 6.45) is 3.77. The number of nitrogens with one attached hydrogen (secondary N) is 1. The number of carbonyl (C=O) groups is 1. The Bertz CT molecular complexity index is 816. The van der Waals surface area contributed by atoms with Crippen LogP contribution in [0.15, 0.2) is 54.6 Å². The van der Waals surface area contributed by atoms with Crippen LogP contribution in [0.1, 0.15) is 38.2 Å². The number of hydrogen-bond donors (Lipinski definition) is 1. The van der Waals surface area contributed by atoms with Gasteiger partial charge in [0.25, 0.3) is 0 Å². The van der Waals surface area contributed by atoms with E-state index in [0.29, 0.717) is 13.2 Å². The molecule has 2 saturated heterocycles. The average Bonchev–Trinajstić information content (AvgIpc) is 3.30. The van der Waals surface area contributed by atoms with Crippen LogP contribution in [0.3, 0.4) is 0 Å². The van der Waals surface area contributed by atoms with Crippen molar-refractivity contribution < 1.29 is 14.3 Å². The van der Waals surface area contributed by atoms with Crippen molar-refractivity contribution in [1.29, 1.82) is 0 Å². The van der Waals surface area contributed by atoms with Crippen molar-refractivity contribution in [2.45, 2.75) is 44.1 Å². The van der Waals surface area contributed by atoms with Gasteiger partial charge in [-0.3, -0.25) is 4.79 Å². The Kier molecular flexibility index (Phi) is 6.58. The van der Waals surface area contributed by atoms with E-state index in [1.165, 1.54) is 5.56 Å². The maximum atomic E-state index is 13.2. The van der Waals surface area contributed by atoms with Crippen LogP contribution in [0.2, 0.25) is 0 Å². The summed E-state index contributed by atoms with van der Waals surface area (Å²) in [5.74, 6) is 1.02. The average molecular weight is 409 g/mol. The fraction of sp³-hybridized carbons (Fsp3) is 0.480. The number of amides is 1. The molecule has 2 heterocycles. The van der Waals surface area contributed by atoms with E-state index < -0.39 is 0 Å². The summed E-state index contributed by atoms with van der Waals surface area (Å²) >= 11 is 0. The summed E-state index contributed by atoms with van der Waals surface area (Å²) in [6, 6.07) is 18.5. The topological polar surface area (TPSA) is 50.8 Å². The highest BCUT2D eigenvalue weighted by molar-refractivity contribution is 5.86. The number of hydrogen-bond acceptors (Lipinski definition) is 4. The smallest absolute Gasteiger partial charge is 0.242 e. The van der Waals surface area contributed by atoms with Crippen molar-refractivity contribution in [1.82, 2.24) is 5.32 Å². The Balaban J connectivity index is 1.46. The lowest BCUT2D eigenvalue weighted by Crippen LogP contribution is -2.49. The Morgan fingerprint density at radius 3 is 2.57 bits per heavy atom. The maximum Gasteiger partial charge on any atom is 0.242 e. The molecule has 5 nitrogen and oxygen atoms in total. The third-order valence-electron chi connectivity index (χ3n) is 6.47. The van der Waals surface area contributed by atoms with Crippen LogP contribution in [-0.4, -0.2) is 44.9 Å². The molecule has 1 atom stereocenters. The van der Waals surface area contributed by atoms with E-state index >= 15 is 0 Å². The first-order valence-electron chi connectivity index (χ1n) is 11.1. The molecule has 1 unspecified atom stereocenters. The minimum absolute atomic E-state index is 0.0885. The van der Waals surface area contributed by atoms with Crippen LogP contribution in [0.25, 0.3) is 0 Å². The Morgan fingerprint density at radius 1 is 1.13 bits per heavy atom. The molecule has 0 bridgehead atoms. The molecule has 2 aromatic rings. The zero-order chi connectivity index (χ0) is 20.8. The van der Waals surface area contributed by atoms with Crippen molar-refractivity contribution >= 4 is 11.6 Å². The molecule has 0 saturated carbocycles. The van der Waals surface area contributed by atoms with E-state index in [0.717, 1.165) is 56.9 Å². The minimum Gasteiger partial charge on any atom is -0.494 e. The van der Waals surface area contributed by atoms with E-state index in [4.69, 9.17) is 9.47 Å². The number of nitrogens with zero attached hydrogens (tertiary/aromatic N) is 1. The summed E-state index contributed by atoms with van der Waals surface area (Å²) in [4.78, 5) is 15.4. The molecule has 0 aliphatic carbocycles. The normalized spacial score (nSPS) is 20.7. The largest absolute Gasteiger partial charge is 0.494 e. The summed E-state index contributed by atoms with van der Waals surface area (Å²) in [5, 5.41) is 3.31. The van der Waals surface area contributed by atoms with Crippen molar-refractivity contribution in [2.75, 3.05) is 37.8 Å². The number of carbonyl (C=O) groups excluding carboxylic acids is 1. The number of rotatable bonds is 7. The lowest BCUT2D eigenvalue weighted by molar-refractivity contribution is -0.122. The zero-order valence-corrected chi connectivity index (χ0v) is 17.8. The highest BCUT2D eigenvalue weighted by Gasteiger charge is 2.37. The number of anilines is 1. The van der Waals surface area contributed by atoms with Crippen molar-refractivity contribution in [3.63, 3.8) is 0 Å². The van der Waals surface area contributed by atoms with E-state index in [1.807, 2.05) is 37.3 Å². The van der Waals surface area contributed by atoms with Crippen molar-refractivity contribution in [2.24, 2.45) is 0 Å². The van der Waals surface area contributed by atoms with Gasteiger partial charge in [0.2, 0.25) is 5.91 Å². The van der Waals surface area contributed by atoms with Gasteiger partial charge in [0, 0.05) is 37.4 Å². The second kappa shape index (κ2) is 9.52. The monoisotopic (exact) mass is 408 g/mol. The first-order chi connectivity index (χ1) is 14.7. The van der Waals surface area contributed by atoms with Gasteiger partial charge in [-0.05, 0) is 62.4 Å². The molecule has 30 heavy (non-hydrogen) atoms. The lowest BCUT2D eigenvalue weighted by atomic mass is 9.74. The Hall–Kier alpha value is -2.53. The molecule has 1 amide bonds. The molecule has 1 N–H and O–H groups in total. The maximum absolute atomic E-state index is 13.2. The minimum atomic E-state index is -0.0929. The molecule has 2 aromatic carbocycles. The molecule has 2 aliphatic rings. The van der Waals surface area contributed by atoms with E-state index in [9.17, 15) is 4.79 Å². The standard InChI is InChI=1S/C25H32N2O3/c1-2-30-22-12-10-20(11-13-22)25(14-17-29-18-15-25)19-26-24(28)23-9-6-16-27(23)21-7-4-3-5-8-21/h3-5,7-8,10-13,23H,2,6,9,14-19H2,1H3,(H,26,28). The van der Waals surface area contributed by atoms with Gasteiger partial charge in [0.1, 0.15) is 11.8 Å². The molecule has 0 spiro atoms. The molecule has 2 fully saturated rings. The molecular formula is C25H32N2O3. The summed E-state index contributed by atoms with van der Waals surface area (Å²) in [6.45, 7) is 5.67. The van der Waals surface area contributed by atoms with Crippen LogP contribution in [0, 0.1) is 0 Å². The first kappa shape index (κ1) is 20.7. The van der Waals surface area contributed by atoms with Crippen LogP contribution >= 0.6 is 0 Å². The van der Waals surface area contributed by atoms with Crippen LogP contribution in [-0.2, 0) is 14.9 Å². The Morgan fingerprint density at radius 2 is 1.87 bits per heavy atom. The fourth-order valence-electron chi connectivity index (χ4n) is 4.74. The number of benzene rings is 2. The van der Waals surface area contributed by atoms with Gasteiger partial charge < -0.3 is 19.7 Å². The zero-order valence-electron chi connectivity index (χ0n) is 17.8. The summed E-state index contributed by atoms with van der Waals surface area (Å²) in [5.41, 5.74) is 2.29. The van der Waals surface area contributed by atoms with Gasteiger partial charge in [-0.25, -0.2) is 0 Å². The first-order valence-corrected chi connectivity index (χ1v) is 11.1. The second-order valence-corrected chi connectivity index (χ2v) is 8.25. The molecular weight excluding hydrogens is 376 g/mol. The van der Waals surface area contributed by atoms with Crippen LogP contribution in [0.4, 0.5) is 5.69 Å². The van der Waals surface area contributed by atoms with Crippen molar-refractivity contribution in [3.8, 4) is 5.75 Å².